The molecule has 1 aliphatic rings. The van der Waals surface area contributed by atoms with Gasteiger partial charge in [0, 0.05) is 10.0 Å². The van der Waals surface area contributed by atoms with Crippen LogP contribution in [0.1, 0.15) is 19.4 Å². The van der Waals surface area contributed by atoms with E-state index in [9.17, 15) is 14.4 Å². The van der Waals surface area contributed by atoms with Crippen LogP contribution >= 0.6 is 35.0 Å². The maximum absolute atomic E-state index is 12.4. The quantitative estimate of drug-likeness (QED) is 0.589. The lowest BCUT2D eigenvalue weighted by Crippen LogP contribution is -2.42. The van der Waals surface area contributed by atoms with Gasteiger partial charge >= 0.3 is 5.97 Å². The zero-order chi connectivity index (χ0) is 17.1. The van der Waals surface area contributed by atoms with Gasteiger partial charge in [0.25, 0.3) is 11.1 Å². The summed E-state index contributed by atoms with van der Waals surface area (Å²) in [5.41, 5.74) is 0.561. The van der Waals surface area contributed by atoms with Crippen LogP contribution in [0.15, 0.2) is 23.1 Å². The van der Waals surface area contributed by atoms with Gasteiger partial charge in [0.2, 0.25) is 0 Å². The standard InChI is InChI=1S/C15H13Cl2NO4S/c1-3-22-14(20)8(2)18-13(19)12(23-15(18)21)6-9-4-5-10(16)7-11(9)17/h4-8H,3H2,1-2H3/b12-6+/t8-/m0/s1. The summed E-state index contributed by atoms with van der Waals surface area (Å²) in [7, 11) is 0. The average Bonchev–Trinajstić information content (AvgIpc) is 2.76. The number of benzene rings is 1. The van der Waals surface area contributed by atoms with Crippen LogP contribution < -0.4 is 0 Å². The van der Waals surface area contributed by atoms with Gasteiger partial charge in [-0.05, 0) is 49.4 Å². The molecule has 122 valence electrons. The number of halogens is 2. The van der Waals surface area contributed by atoms with Gasteiger partial charge in [-0.2, -0.15) is 0 Å². The topological polar surface area (TPSA) is 63.7 Å². The maximum Gasteiger partial charge on any atom is 0.329 e. The van der Waals surface area contributed by atoms with Crippen LogP contribution in [0.3, 0.4) is 0 Å². The minimum absolute atomic E-state index is 0.176. The van der Waals surface area contributed by atoms with Crippen molar-refractivity contribution in [3.05, 3.63) is 38.7 Å². The number of hydrogen-bond donors (Lipinski definition) is 0. The van der Waals surface area contributed by atoms with Crippen molar-refractivity contribution in [1.29, 1.82) is 0 Å². The number of esters is 1. The van der Waals surface area contributed by atoms with Gasteiger partial charge in [0.05, 0.1) is 11.5 Å². The van der Waals surface area contributed by atoms with E-state index >= 15 is 0 Å². The van der Waals surface area contributed by atoms with Gasteiger partial charge < -0.3 is 4.74 Å². The maximum atomic E-state index is 12.4. The van der Waals surface area contributed by atoms with E-state index in [0.717, 1.165) is 16.7 Å². The molecular weight excluding hydrogens is 361 g/mol. The van der Waals surface area contributed by atoms with Crippen molar-refractivity contribution in [2.75, 3.05) is 6.61 Å². The Labute approximate surface area is 147 Å². The Balaban J connectivity index is 2.27. The Hall–Kier alpha value is -1.50. The van der Waals surface area contributed by atoms with Crippen LogP contribution in [0.2, 0.25) is 10.0 Å². The molecule has 23 heavy (non-hydrogen) atoms. The molecule has 0 aromatic heterocycles. The molecule has 0 unspecified atom stereocenters. The van der Waals surface area contributed by atoms with Gasteiger partial charge in [-0.25, -0.2) is 4.79 Å². The number of nitrogens with zero attached hydrogens (tertiary/aromatic N) is 1. The molecule has 0 N–H and O–H groups in total. The molecule has 0 aliphatic carbocycles. The molecule has 5 nitrogen and oxygen atoms in total. The van der Waals surface area contributed by atoms with Crippen molar-refractivity contribution < 1.29 is 19.1 Å². The normalized spacial score (nSPS) is 17.7. The number of carbonyl (C=O) groups is 3. The van der Waals surface area contributed by atoms with Gasteiger partial charge in [-0.3, -0.25) is 14.5 Å². The zero-order valence-corrected chi connectivity index (χ0v) is 14.7. The second-order valence-electron chi connectivity index (χ2n) is 4.65. The summed E-state index contributed by atoms with van der Waals surface area (Å²) < 4.78 is 4.85. The third-order valence-electron chi connectivity index (χ3n) is 3.09. The molecule has 1 fully saturated rings. The highest BCUT2D eigenvalue weighted by Crippen LogP contribution is 2.35. The molecule has 0 radical (unpaired) electrons. The molecule has 0 bridgehead atoms. The van der Waals surface area contributed by atoms with E-state index in [-0.39, 0.29) is 11.5 Å². The Bertz CT molecular complexity index is 705. The number of imide groups is 1. The second-order valence-corrected chi connectivity index (χ2v) is 6.48. The first kappa shape index (κ1) is 17.8. The minimum Gasteiger partial charge on any atom is -0.464 e. The number of amides is 2. The minimum atomic E-state index is -0.978. The Morgan fingerprint density at radius 3 is 2.70 bits per heavy atom. The monoisotopic (exact) mass is 373 g/mol. The zero-order valence-electron chi connectivity index (χ0n) is 12.3. The van der Waals surface area contributed by atoms with Crippen molar-refractivity contribution in [2.24, 2.45) is 0 Å². The first-order valence-corrected chi connectivity index (χ1v) is 8.31. The molecule has 1 aliphatic heterocycles. The highest BCUT2D eigenvalue weighted by molar-refractivity contribution is 8.18. The number of ether oxygens (including phenoxy) is 1. The lowest BCUT2D eigenvalue weighted by molar-refractivity contribution is -0.150. The highest BCUT2D eigenvalue weighted by atomic mass is 35.5. The van der Waals surface area contributed by atoms with Crippen LogP contribution in [0.5, 0.6) is 0 Å². The van der Waals surface area contributed by atoms with Crippen molar-refractivity contribution in [3.8, 4) is 0 Å². The van der Waals surface area contributed by atoms with Crippen LogP contribution in [0, 0.1) is 0 Å². The van der Waals surface area contributed by atoms with E-state index in [4.69, 9.17) is 27.9 Å². The summed E-state index contributed by atoms with van der Waals surface area (Å²) in [6.45, 7) is 3.28. The summed E-state index contributed by atoms with van der Waals surface area (Å²) in [5, 5.41) is 0.311. The molecule has 1 saturated heterocycles. The molecule has 1 aromatic rings. The first-order valence-electron chi connectivity index (χ1n) is 6.74. The largest absolute Gasteiger partial charge is 0.464 e. The summed E-state index contributed by atoms with van der Waals surface area (Å²) in [6, 6.07) is 3.84. The van der Waals surface area contributed by atoms with E-state index in [1.54, 1.807) is 25.1 Å². The van der Waals surface area contributed by atoms with Crippen LogP contribution in [-0.4, -0.2) is 34.7 Å². The fraction of sp³-hybridized carbons (Fsp3) is 0.267. The third-order valence-corrected chi connectivity index (χ3v) is 4.53. The predicted molar refractivity (Wildman–Crippen MR) is 90.4 cm³/mol. The molecule has 8 heteroatoms. The molecule has 0 saturated carbocycles. The Morgan fingerprint density at radius 1 is 1.39 bits per heavy atom. The highest BCUT2D eigenvalue weighted by Gasteiger charge is 2.41. The van der Waals surface area contributed by atoms with Crippen molar-refractivity contribution >= 4 is 58.2 Å². The molecule has 1 heterocycles. The van der Waals surface area contributed by atoms with Gasteiger partial charge in [0.1, 0.15) is 6.04 Å². The SMILES string of the molecule is CCOC(=O)[C@H](C)N1C(=O)S/C(=C/c2ccc(Cl)cc2Cl)C1=O. The fourth-order valence-electron chi connectivity index (χ4n) is 1.94. The number of hydrogen-bond acceptors (Lipinski definition) is 5. The number of carbonyl (C=O) groups excluding carboxylic acids is 3. The predicted octanol–water partition coefficient (Wildman–Crippen LogP) is 3.98. The summed E-state index contributed by atoms with van der Waals surface area (Å²) in [5.74, 6) is -1.17. The Kier molecular flexibility index (Phi) is 5.73. The first-order chi connectivity index (χ1) is 10.8. The van der Waals surface area contributed by atoms with E-state index < -0.39 is 23.2 Å². The Morgan fingerprint density at radius 2 is 2.09 bits per heavy atom. The van der Waals surface area contributed by atoms with E-state index in [2.05, 4.69) is 0 Å². The number of rotatable bonds is 4. The van der Waals surface area contributed by atoms with Crippen molar-refractivity contribution in [1.82, 2.24) is 4.90 Å². The van der Waals surface area contributed by atoms with Crippen LogP contribution in [-0.2, 0) is 14.3 Å². The van der Waals surface area contributed by atoms with E-state index in [1.807, 2.05) is 0 Å². The van der Waals surface area contributed by atoms with Crippen molar-refractivity contribution in [3.63, 3.8) is 0 Å². The molecule has 1 atom stereocenters. The smallest absolute Gasteiger partial charge is 0.329 e. The van der Waals surface area contributed by atoms with Gasteiger partial charge in [-0.1, -0.05) is 29.3 Å². The second kappa shape index (κ2) is 7.38. The summed E-state index contributed by atoms with van der Waals surface area (Å²) >= 11 is 12.6. The van der Waals surface area contributed by atoms with Gasteiger partial charge in [-0.15, -0.1) is 0 Å². The lowest BCUT2D eigenvalue weighted by Gasteiger charge is -2.19. The lowest BCUT2D eigenvalue weighted by atomic mass is 10.2. The molecule has 0 spiro atoms. The molecular formula is C15H13Cl2NO4S. The van der Waals surface area contributed by atoms with Gasteiger partial charge in [0.15, 0.2) is 0 Å². The van der Waals surface area contributed by atoms with Crippen LogP contribution in [0.4, 0.5) is 4.79 Å². The summed E-state index contributed by atoms with van der Waals surface area (Å²) in [6.07, 6.45) is 1.50. The third kappa shape index (κ3) is 3.88. The summed E-state index contributed by atoms with van der Waals surface area (Å²) in [4.78, 5) is 37.2. The molecule has 2 rings (SSSR count). The number of thioether (sulfide) groups is 1. The average molecular weight is 374 g/mol. The van der Waals surface area contributed by atoms with E-state index in [0.29, 0.717) is 15.6 Å². The molecule has 1 aromatic carbocycles. The van der Waals surface area contributed by atoms with Crippen LogP contribution in [0.25, 0.3) is 6.08 Å². The van der Waals surface area contributed by atoms with Crippen molar-refractivity contribution in [2.45, 2.75) is 19.9 Å². The fourth-order valence-corrected chi connectivity index (χ4v) is 3.30. The molecule has 2 amide bonds. The van der Waals surface area contributed by atoms with E-state index in [1.165, 1.54) is 13.0 Å².